The Labute approximate surface area is 150 Å². The van der Waals surface area contributed by atoms with Crippen molar-refractivity contribution in [2.24, 2.45) is 0 Å². The van der Waals surface area contributed by atoms with Crippen LogP contribution in [0.1, 0.15) is 18.1 Å². The lowest BCUT2D eigenvalue weighted by Crippen LogP contribution is -1.96. The molecule has 1 aliphatic heterocycles. The fourth-order valence-electron chi connectivity index (χ4n) is 2.62. The Morgan fingerprint density at radius 3 is 2.96 bits per heavy atom. The summed E-state index contributed by atoms with van der Waals surface area (Å²) < 4.78 is 10.7. The van der Waals surface area contributed by atoms with E-state index in [0.717, 1.165) is 40.1 Å². The molecule has 3 aromatic rings. The Kier molecular flexibility index (Phi) is 4.47. The highest BCUT2D eigenvalue weighted by Gasteiger charge is 2.13. The van der Waals surface area contributed by atoms with Crippen LogP contribution in [0.3, 0.4) is 0 Å². The van der Waals surface area contributed by atoms with Crippen LogP contribution in [0.4, 0.5) is 11.6 Å². The molecule has 2 heterocycles. The number of H-pyrrole nitrogens is 1. The van der Waals surface area contributed by atoms with E-state index in [1.165, 1.54) is 5.56 Å². The molecule has 0 aliphatic carbocycles. The van der Waals surface area contributed by atoms with Gasteiger partial charge < -0.3 is 14.8 Å². The topological polar surface area (TPSA) is 72.1 Å². The Morgan fingerprint density at radius 1 is 1.16 bits per heavy atom. The number of benzene rings is 2. The maximum atomic E-state index is 5.41. The monoisotopic (exact) mass is 354 g/mol. The normalized spacial score (nSPS) is 12.4. The molecule has 7 heteroatoms. The average molecular weight is 354 g/mol. The molecule has 4 rings (SSSR count). The number of aromatic amines is 1. The summed E-state index contributed by atoms with van der Waals surface area (Å²) in [7, 11) is 0. The van der Waals surface area contributed by atoms with Crippen molar-refractivity contribution in [2.45, 2.75) is 24.3 Å². The zero-order valence-corrected chi connectivity index (χ0v) is 14.6. The van der Waals surface area contributed by atoms with Crippen LogP contribution in [0.2, 0.25) is 0 Å². The molecule has 0 atom stereocenters. The first-order valence-corrected chi connectivity index (χ1v) is 9.09. The highest BCUT2D eigenvalue weighted by molar-refractivity contribution is 7.98. The zero-order chi connectivity index (χ0) is 17.1. The zero-order valence-electron chi connectivity index (χ0n) is 13.8. The second kappa shape index (κ2) is 7.06. The second-order valence-corrected chi connectivity index (χ2v) is 6.54. The molecule has 25 heavy (non-hydrogen) atoms. The first-order valence-electron chi connectivity index (χ1n) is 8.10. The van der Waals surface area contributed by atoms with Gasteiger partial charge in [-0.2, -0.15) is 4.98 Å². The van der Waals surface area contributed by atoms with Gasteiger partial charge >= 0.3 is 0 Å². The van der Waals surface area contributed by atoms with Crippen molar-refractivity contribution < 1.29 is 9.47 Å². The molecule has 128 valence electrons. The van der Waals surface area contributed by atoms with Gasteiger partial charge in [0.15, 0.2) is 16.7 Å². The Balaban J connectivity index is 1.40. The highest BCUT2D eigenvalue weighted by atomic mass is 32.2. The quantitative estimate of drug-likeness (QED) is 0.649. The highest BCUT2D eigenvalue weighted by Crippen LogP contribution is 2.34. The smallest absolute Gasteiger partial charge is 0.247 e. The van der Waals surface area contributed by atoms with Gasteiger partial charge in [0.05, 0.1) is 0 Å². The van der Waals surface area contributed by atoms with Crippen molar-refractivity contribution in [1.82, 2.24) is 15.2 Å². The van der Waals surface area contributed by atoms with Gasteiger partial charge in [-0.3, -0.25) is 5.10 Å². The number of hydrogen-bond acceptors (Lipinski definition) is 6. The van der Waals surface area contributed by atoms with E-state index in [9.17, 15) is 0 Å². The summed E-state index contributed by atoms with van der Waals surface area (Å²) in [5.41, 5.74) is 3.43. The second-order valence-electron chi connectivity index (χ2n) is 5.58. The third-order valence-electron chi connectivity index (χ3n) is 3.92. The minimum absolute atomic E-state index is 0.294. The molecular formula is C18H18N4O2S. The fourth-order valence-corrected chi connectivity index (χ4v) is 3.36. The van der Waals surface area contributed by atoms with E-state index in [2.05, 4.69) is 33.5 Å². The number of ether oxygens (including phenoxy) is 2. The summed E-state index contributed by atoms with van der Waals surface area (Å²) in [5, 5.41) is 11.3. The van der Waals surface area contributed by atoms with Crippen LogP contribution in [-0.2, 0) is 12.2 Å². The Morgan fingerprint density at radius 2 is 2.04 bits per heavy atom. The third-order valence-corrected chi connectivity index (χ3v) is 4.86. The van der Waals surface area contributed by atoms with Gasteiger partial charge in [0.2, 0.25) is 12.7 Å². The number of para-hydroxylation sites is 1. The molecule has 0 bridgehead atoms. The number of anilines is 2. The van der Waals surface area contributed by atoms with E-state index in [0.29, 0.717) is 12.7 Å². The Hall–Kier alpha value is -2.67. The van der Waals surface area contributed by atoms with Crippen LogP contribution in [0.5, 0.6) is 11.5 Å². The van der Waals surface area contributed by atoms with Gasteiger partial charge in [-0.1, -0.05) is 43.0 Å². The van der Waals surface area contributed by atoms with Gasteiger partial charge in [0.1, 0.15) is 0 Å². The van der Waals surface area contributed by atoms with E-state index in [1.54, 1.807) is 11.8 Å². The summed E-state index contributed by atoms with van der Waals surface area (Å²) in [4.78, 5) is 4.50. The molecule has 0 saturated carbocycles. The molecule has 1 aliphatic rings. The predicted octanol–water partition coefficient (Wildman–Crippen LogP) is 4.13. The van der Waals surface area contributed by atoms with Crippen LogP contribution in [0.25, 0.3) is 0 Å². The summed E-state index contributed by atoms with van der Waals surface area (Å²) in [6.45, 7) is 2.42. The molecule has 0 saturated heterocycles. The predicted molar refractivity (Wildman–Crippen MR) is 97.6 cm³/mol. The average Bonchev–Trinajstić information content (AvgIpc) is 3.29. The standard InChI is InChI=1S/C18H18N4O2S/c1-2-13-5-3-4-6-14(13)19-17-20-18(22-21-17)25-10-12-7-8-15-16(9-12)24-11-23-15/h3-9H,2,10-11H2,1H3,(H2,19,20,21,22). The van der Waals surface area contributed by atoms with Crippen molar-refractivity contribution in [2.75, 3.05) is 12.1 Å². The van der Waals surface area contributed by atoms with Crippen LogP contribution in [0.15, 0.2) is 47.6 Å². The van der Waals surface area contributed by atoms with Gasteiger partial charge in [0, 0.05) is 11.4 Å². The van der Waals surface area contributed by atoms with Crippen molar-refractivity contribution in [3.63, 3.8) is 0 Å². The molecule has 0 fully saturated rings. The van der Waals surface area contributed by atoms with Gasteiger partial charge in [-0.25, -0.2) is 0 Å². The lowest BCUT2D eigenvalue weighted by molar-refractivity contribution is 0.174. The largest absolute Gasteiger partial charge is 0.454 e. The van der Waals surface area contributed by atoms with Crippen LogP contribution in [-0.4, -0.2) is 22.0 Å². The van der Waals surface area contributed by atoms with Crippen LogP contribution >= 0.6 is 11.8 Å². The van der Waals surface area contributed by atoms with E-state index >= 15 is 0 Å². The van der Waals surface area contributed by atoms with Gasteiger partial charge in [-0.05, 0) is 35.7 Å². The van der Waals surface area contributed by atoms with Crippen molar-refractivity contribution in [3.8, 4) is 11.5 Å². The summed E-state index contributed by atoms with van der Waals surface area (Å²) in [6, 6.07) is 14.2. The van der Waals surface area contributed by atoms with Crippen molar-refractivity contribution >= 4 is 23.4 Å². The molecule has 0 unspecified atom stereocenters. The lowest BCUT2D eigenvalue weighted by Gasteiger charge is -2.06. The SMILES string of the molecule is CCc1ccccc1Nc1n[nH]c(SCc2ccc3c(c2)OCO3)n1. The fraction of sp³-hybridized carbons (Fsp3) is 0.222. The van der Waals surface area contributed by atoms with Gasteiger partial charge in [0.25, 0.3) is 0 Å². The molecule has 0 spiro atoms. The number of thioether (sulfide) groups is 1. The molecule has 2 aromatic carbocycles. The van der Waals surface area contributed by atoms with E-state index < -0.39 is 0 Å². The summed E-state index contributed by atoms with van der Waals surface area (Å²) in [5.74, 6) is 2.95. The van der Waals surface area contributed by atoms with E-state index in [-0.39, 0.29) is 0 Å². The third kappa shape index (κ3) is 3.56. The number of nitrogens with one attached hydrogen (secondary N) is 2. The van der Waals surface area contributed by atoms with E-state index in [4.69, 9.17) is 9.47 Å². The minimum Gasteiger partial charge on any atom is -0.454 e. The first-order chi connectivity index (χ1) is 12.3. The van der Waals surface area contributed by atoms with Gasteiger partial charge in [-0.15, -0.1) is 5.10 Å². The number of aromatic nitrogens is 3. The number of nitrogens with zero attached hydrogens (tertiary/aromatic N) is 2. The first kappa shape index (κ1) is 15.8. The molecule has 0 radical (unpaired) electrons. The van der Waals surface area contributed by atoms with Crippen LogP contribution in [0, 0.1) is 0 Å². The maximum absolute atomic E-state index is 5.41. The number of fused-ring (bicyclic) bond motifs is 1. The Bertz CT molecular complexity index is 881. The maximum Gasteiger partial charge on any atom is 0.247 e. The molecule has 6 nitrogen and oxygen atoms in total. The van der Waals surface area contributed by atoms with Crippen LogP contribution < -0.4 is 14.8 Å². The van der Waals surface area contributed by atoms with Crippen molar-refractivity contribution in [1.29, 1.82) is 0 Å². The van der Waals surface area contributed by atoms with Crippen molar-refractivity contribution in [3.05, 3.63) is 53.6 Å². The summed E-state index contributed by atoms with van der Waals surface area (Å²) in [6.07, 6.45) is 0.958. The molecule has 1 aromatic heterocycles. The minimum atomic E-state index is 0.294. The number of rotatable bonds is 6. The van der Waals surface area contributed by atoms with E-state index in [1.807, 2.05) is 36.4 Å². The molecule has 0 amide bonds. The number of hydrogen-bond donors (Lipinski definition) is 2. The summed E-state index contributed by atoms with van der Waals surface area (Å²) >= 11 is 1.59. The molecular weight excluding hydrogens is 336 g/mol. The lowest BCUT2D eigenvalue weighted by atomic mass is 10.1. The number of aryl methyl sites for hydroxylation is 1. The molecule has 2 N–H and O–H groups in total.